The van der Waals surface area contributed by atoms with Crippen molar-refractivity contribution in [2.24, 2.45) is 0 Å². The number of nitrogens with one attached hydrogen (secondary N) is 2. The van der Waals surface area contributed by atoms with Crippen molar-refractivity contribution >= 4 is 17.4 Å². The molecule has 3 aromatic rings. The van der Waals surface area contributed by atoms with Gasteiger partial charge in [-0.15, -0.1) is 0 Å². The molecular formula is C21H16F4N4O3. The molecule has 32 heavy (non-hydrogen) atoms. The molecule has 0 fully saturated rings. The summed E-state index contributed by atoms with van der Waals surface area (Å²) in [5.41, 5.74) is 0.802. The smallest absolute Gasteiger partial charge is 0.410 e. The molecule has 0 spiro atoms. The average Bonchev–Trinajstić information content (AvgIpc) is 3.39. The van der Waals surface area contributed by atoms with Crippen molar-refractivity contribution in [1.29, 1.82) is 0 Å². The third-order valence-corrected chi connectivity index (χ3v) is 5.39. The summed E-state index contributed by atoms with van der Waals surface area (Å²) in [5.74, 6) is -0.218. The van der Waals surface area contributed by atoms with Crippen molar-refractivity contribution in [1.82, 2.24) is 9.78 Å². The Labute approximate surface area is 178 Å². The molecule has 0 saturated carbocycles. The quantitative estimate of drug-likeness (QED) is 0.570. The fraction of sp³-hybridized carbons (Fsp3) is 0.238. The van der Waals surface area contributed by atoms with Gasteiger partial charge in [0, 0.05) is 18.2 Å². The second-order valence-corrected chi connectivity index (χ2v) is 7.42. The topological polar surface area (TPSA) is 77.4 Å². The van der Waals surface area contributed by atoms with Crippen LogP contribution in [-0.4, -0.2) is 28.7 Å². The van der Waals surface area contributed by atoms with E-state index >= 15 is 0 Å². The number of hydrogen-bond acceptors (Lipinski definition) is 5. The molecule has 2 aromatic carbocycles. The van der Waals surface area contributed by atoms with Crippen LogP contribution in [-0.2, 0) is 0 Å². The van der Waals surface area contributed by atoms with Crippen LogP contribution in [0, 0.1) is 5.82 Å². The second-order valence-electron chi connectivity index (χ2n) is 7.42. The Hall–Kier alpha value is -3.76. The maximum atomic E-state index is 13.8. The molecule has 0 unspecified atom stereocenters. The van der Waals surface area contributed by atoms with Gasteiger partial charge >= 0.3 is 6.18 Å². The van der Waals surface area contributed by atoms with Crippen molar-refractivity contribution in [2.75, 3.05) is 17.4 Å². The second kappa shape index (κ2) is 7.43. The van der Waals surface area contributed by atoms with E-state index in [9.17, 15) is 22.4 Å². The highest BCUT2D eigenvalue weighted by Crippen LogP contribution is 2.44. The van der Waals surface area contributed by atoms with E-state index in [0.717, 1.165) is 10.9 Å². The number of fused-ring (bicyclic) bond motifs is 2. The van der Waals surface area contributed by atoms with Crippen LogP contribution in [0.1, 0.15) is 34.4 Å². The number of anilines is 2. The van der Waals surface area contributed by atoms with Crippen molar-refractivity contribution < 1.29 is 31.8 Å². The minimum atomic E-state index is -4.59. The molecule has 7 nitrogen and oxygen atoms in total. The maximum Gasteiger partial charge on any atom is 0.410 e. The van der Waals surface area contributed by atoms with Crippen LogP contribution in [0.4, 0.5) is 29.1 Å². The highest BCUT2D eigenvalue weighted by molar-refractivity contribution is 6.07. The number of rotatable bonds is 3. The average molecular weight is 448 g/mol. The predicted octanol–water partition coefficient (Wildman–Crippen LogP) is 4.66. The van der Waals surface area contributed by atoms with E-state index in [4.69, 9.17) is 9.47 Å². The molecule has 0 radical (unpaired) electrons. The van der Waals surface area contributed by atoms with E-state index in [-0.39, 0.29) is 24.6 Å². The summed E-state index contributed by atoms with van der Waals surface area (Å²) in [6, 6.07) is 7.23. The Morgan fingerprint density at radius 1 is 1.12 bits per heavy atom. The van der Waals surface area contributed by atoms with Gasteiger partial charge in [-0.1, -0.05) is 12.1 Å². The molecule has 1 aromatic heterocycles. The van der Waals surface area contributed by atoms with Crippen molar-refractivity contribution in [2.45, 2.75) is 24.7 Å². The van der Waals surface area contributed by atoms with Crippen molar-refractivity contribution in [3.8, 4) is 11.5 Å². The van der Waals surface area contributed by atoms with Crippen LogP contribution in [0.3, 0.4) is 0 Å². The van der Waals surface area contributed by atoms with E-state index in [1.54, 1.807) is 18.2 Å². The zero-order valence-corrected chi connectivity index (χ0v) is 16.3. The van der Waals surface area contributed by atoms with E-state index in [1.807, 2.05) is 0 Å². The molecule has 2 aliphatic heterocycles. The first kappa shape index (κ1) is 20.2. The van der Waals surface area contributed by atoms with Crippen molar-refractivity contribution in [3.05, 3.63) is 65.6 Å². The lowest BCUT2D eigenvalue weighted by molar-refractivity contribution is -0.173. The Bertz CT molecular complexity index is 1180. The van der Waals surface area contributed by atoms with Gasteiger partial charge in [0.05, 0.1) is 12.2 Å². The van der Waals surface area contributed by atoms with Gasteiger partial charge in [0.1, 0.15) is 17.2 Å². The lowest BCUT2D eigenvalue weighted by Gasteiger charge is -2.34. The number of nitrogens with zero attached hydrogens (tertiary/aromatic N) is 2. The van der Waals surface area contributed by atoms with E-state index in [0.29, 0.717) is 22.7 Å². The number of hydrogen-bond donors (Lipinski definition) is 2. The molecule has 2 N–H and O–H groups in total. The van der Waals surface area contributed by atoms with Crippen LogP contribution < -0.4 is 20.1 Å². The van der Waals surface area contributed by atoms with Crippen LogP contribution in [0.15, 0.2) is 48.7 Å². The van der Waals surface area contributed by atoms with Crippen LogP contribution >= 0.6 is 0 Å². The first-order valence-corrected chi connectivity index (χ1v) is 9.67. The molecule has 0 saturated heterocycles. The standard InChI is InChI=1S/C21H16F4N4O3/c22-12-3-1-11(2-4-12)15-8-18(21(23,24)25)29-19(28-15)14(9-26-29)20(30)27-13-5-6-16-17(7-13)32-10-31-16/h1-7,9,15,18,28H,8,10H2,(H,27,30)/t15-,18-/m0/s1. The lowest BCUT2D eigenvalue weighted by Crippen LogP contribution is -2.36. The molecule has 3 heterocycles. The molecular weight excluding hydrogens is 432 g/mol. The summed E-state index contributed by atoms with van der Waals surface area (Å²) in [6.07, 6.45) is -3.85. The van der Waals surface area contributed by atoms with Gasteiger partial charge in [-0.2, -0.15) is 18.3 Å². The molecule has 166 valence electrons. The number of alkyl halides is 3. The lowest BCUT2D eigenvalue weighted by atomic mass is 9.96. The number of amides is 1. The van der Waals surface area contributed by atoms with Gasteiger partial charge in [0.15, 0.2) is 17.5 Å². The molecule has 11 heteroatoms. The molecule has 5 rings (SSSR count). The minimum Gasteiger partial charge on any atom is -0.454 e. The van der Waals surface area contributed by atoms with E-state index in [2.05, 4.69) is 15.7 Å². The van der Waals surface area contributed by atoms with E-state index in [1.165, 1.54) is 24.3 Å². The number of benzene rings is 2. The van der Waals surface area contributed by atoms with Gasteiger partial charge in [0.2, 0.25) is 6.79 Å². The van der Waals surface area contributed by atoms with Gasteiger partial charge < -0.3 is 20.1 Å². The summed E-state index contributed by atoms with van der Waals surface area (Å²) in [5, 5.41) is 9.44. The Morgan fingerprint density at radius 3 is 2.62 bits per heavy atom. The molecule has 2 aliphatic rings. The van der Waals surface area contributed by atoms with Crippen LogP contribution in [0.5, 0.6) is 11.5 Å². The summed E-state index contributed by atoms with van der Waals surface area (Å²) in [6.45, 7) is 0.0666. The predicted molar refractivity (Wildman–Crippen MR) is 105 cm³/mol. The van der Waals surface area contributed by atoms with Gasteiger partial charge in [-0.25, -0.2) is 9.07 Å². The van der Waals surface area contributed by atoms with Gasteiger partial charge in [0.25, 0.3) is 5.91 Å². The summed E-state index contributed by atoms with van der Waals surface area (Å²) < 4.78 is 65.9. The maximum absolute atomic E-state index is 13.8. The number of ether oxygens (including phenoxy) is 2. The Kier molecular flexibility index (Phi) is 4.68. The Balaban J connectivity index is 1.46. The fourth-order valence-corrected chi connectivity index (χ4v) is 3.82. The zero-order valence-electron chi connectivity index (χ0n) is 16.3. The van der Waals surface area contributed by atoms with Gasteiger partial charge in [-0.05, 0) is 29.8 Å². The number of halogens is 4. The molecule has 1 amide bonds. The van der Waals surface area contributed by atoms with E-state index < -0.39 is 30.0 Å². The highest BCUT2D eigenvalue weighted by Gasteiger charge is 2.47. The van der Waals surface area contributed by atoms with Gasteiger partial charge in [-0.3, -0.25) is 4.79 Å². The highest BCUT2D eigenvalue weighted by atomic mass is 19.4. The summed E-state index contributed by atoms with van der Waals surface area (Å²) >= 11 is 0. The third kappa shape index (κ3) is 3.59. The zero-order chi connectivity index (χ0) is 22.5. The summed E-state index contributed by atoms with van der Waals surface area (Å²) in [4.78, 5) is 12.9. The monoisotopic (exact) mass is 448 g/mol. The largest absolute Gasteiger partial charge is 0.454 e. The summed E-state index contributed by atoms with van der Waals surface area (Å²) in [7, 11) is 0. The molecule has 0 aliphatic carbocycles. The molecule has 0 bridgehead atoms. The van der Waals surface area contributed by atoms with Crippen molar-refractivity contribution in [3.63, 3.8) is 0 Å². The van der Waals surface area contributed by atoms with Crippen LogP contribution in [0.2, 0.25) is 0 Å². The number of carbonyl (C=O) groups is 1. The first-order valence-electron chi connectivity index (χ1n) is 9.67. The molecule has 2 atom stereocenters. The SMILES string of the molecule is O=C(Nc1ccc2c(c1)OCO2)c1cnn2c1N[C@H](c1ccc(F)cc1)C[C@H]2C(F)(F)F. The van der Waals surface area contributed by atoms with Crippen LogP contribution in [0.25, 0.3) is 0 Å². The number of aromatic nitrogens is 2. The number of carbonyl (C=O) groups excluding carboxylic acids is 1. The minimum absolute atomic E-state index is 0.0521. The Morgan fingerprint density at radius 2 is 1.88 bits per heavy atom. The third-order valence-electron chi connectivity index (χ3n) is 5.39. The first-order chi connectivity index (χ1) is 15.3. The fourth-order valence-electron chi connectivity index (χ4n) is 3.82. The normalized spacial score (nSPS) is 19.2.